The van der Waals surface area contributed by atoms with Gasteiger partial charge in [-0.1, -0.05) is 32.0 Å². The summed E-state index contributed by atoms with van der Waals surface area (Å²) in [4.78, 5) is 11.5. The summed E-state index contributed by atoms with van der Waals surface area (Å²) >= 11 is 0. The number of rotatable bonds is 8. The van der Waals surface area contributed by atoms with E-state index in [-0.39, 0.29) is 24.6 Å². The number of nitrogens with one attached hydrogen (secondary N) is 1. The van der Waals surface area contributed by atoms with Crippen LogP contribution in [0.3, 0.4) is 0 Å². The van der Waals surface area contributed by atoms with Crippen molar-refractivity contribution in [3.8, 4) is 0 Å². The van der Waals surface area contributed by atoms with Crippen LogP contribution < -0.4 is 5.32 Å². The van der Waals surface area contributed by atoms with E-state index in [1.54, 1.807) is 13.0 Å². The first-order valence-corrected chi connectivity index (χ1v) is 7.78. The number of carbonyl (C=O) groups is 1. The van der Waals surface area contributed by atoms with Gasteiger partial charge in [0.05, 0.1) is 11.0 Å². The Kier molecular flexibility index (Phi) is 6.62. The van der Waals surface area contributed by atoms with Crippen LogP contribution >= 0.6 is 0 Å². The molecule has 0 bridgehead atoms. The normalized spacial score (nSPS) is 13.8. The second kappa shape index (κ2) is 7.81. The van der Waals surface area contributed by atoms with Gasteiger partial charge in [0.1, 0.15) is 0 Å². The molecule has 3 nitrogen and oxygen atoms in total. The van der Waals surface area contributed by atoms with Crippen molar-refractivity contribution in [3.05, 3.63) is 35.4 Å². The molecule has 0 amide bonds. The maximum atomic E-state index is 13.0. The van der Waals surface area contributed by atoms with Gasteiger partial charge in [-0.15, -0.1) is 0 Å². The number of hydrogen-bond acceptors (Lipinski definition) is 2. The summed E-state index contributed by atoms with van der Waals surface area (Å²) in [5.41, 5.74) is -1.30. The molecule has 23 heavy (non-hydrogen) atoms. The molecule has 0 aliphatic rings. The minimum absolute atomic E-state index is 0.193. The van der Waals surface area contributed by atoms with Crippen LogP contribution in [0.25, 0.3) is 0 Å². The molecule has 0 radical (unpaired) electrons. The zero-order valence-electron chi connectivity index (χ0n) is 13.7. The van der Waals surface area contributed by atoms with Crippen LogP contribution in [0.5, 0.6) is 0 Å². The molecule has 0 fully saturated rings. The summed E-state index contributed by atoms with van der Waals surface area (Å²) in [6.07, 6.45) is -3.25. The van der Waals surface area contributed by atoms with Crippen LogP contribution in [0.1, 0.15) is 44.7 Å². The smallest absolute Gasteiger partial charge is 0.416 e. The average molecular weight is 331 g/mol. The standard InChI is InChI=1S/C17H24F3NO2/c1-4-16(5-2,15(22)23)11-21-12(3)10-13-8-6-7-9-14(13)17(18,19)20/h6-9,12,21H,4-5,10-11H2,1-3H3,(H,22,23). The third kappa shape index (κ3) is 4.96. The highest BCUT2D eigenvalue weighted by Gasteiger charge is 2.35. The highest BCUT2D eigenvalue weighted by atomic mass is 19.4. The molecule has 0 aromatic heterocycles. The number of benzene rings is 1. The molecule has 0 spiro atoms. The molecule has 1 atom stereocenters. The Morgan fingerprint density at radius 2 is 1.78 bits per heavy atom. The van der Waals surface area contributed by atoms with Gasteiger partial charge in [0.15, 0.2) is 0 Å². The van der Waals surface area contributed by atoms with E-state index in [4.69, 9.17) is 0 Å². The van der Waals surface area contributed by atoms with E-state index in [0.717, 1.165) is 6.07 Å². The third-order valence-electron chi connectivity index (χ3n) is 4.45. The highest BCUT2D eigenvalue weighted by molar-refractivity contribution is 5.74. The highest BCUT2D eigenvalue weighted by Crippen LogP contribution is 2.32. The number of aliphatic carboxylic acids is 1. The van der Waals surface area contributed by atoms with Gasteiger partial charge in [0.25, 0.3) is 0 Å². The molecule has 0 aliphatic heterocycles. The summed E-state index contributed by atoms with van der Waals surface area (Å²) in [5.74, 6) is -0.877. The van der Waals surface area contributed by atoms with Gasteiger partial charge in [-0.05, 0) is 37.8 Å². The van der Waals surface area contributed by atoms with Gasteiger partial charge in [-0.2, -0.15) is 13.2 Å². The Bertz CT molecular complexity index is 525. The largest absolute Gasteiger partial charge is 0.481 e. The molecule has 6 heteroatoms. The van der Waals surface area contributed by atoms with Crippen molar-refractivity contribution >= 4 is 5.97 Å². The van der Waals surface area contributed by atoms with E-state index in [2.05, 4.69) is 5.32 Å². The Balaban J connectivity index is 2.79. The Hall–Kier alpha value is -1.56. The molecule has 1 aromatic carbocycles. The van der Waals surface area contributed by atoms with Crippen LogP contribution in [-0.4, -0.2) is 23.7 Å². The first-order chi connectivity index (χ1) is 10.7. The van der Waals surface area contributed by atoms with Crippen LogP contribution in [0.2, 0.25) is 0 Å². The van der Waals surface area contributed by atoms with Crippen molar-refractivity contribution < 1.29 is 23.1 Å². The lowest BCUT2D eigenvalue weighted by Gasteiger charge is -2.29. The molecule has 0 saturated heterocycles. The SMILES string of the molecule is CCC(CC)(CNC(C)Cc1ccccc1C(F)(F)F)C(=O)O. The number of carboxylic acid groups (broad SMARTS) is 1. The number of carboxylic acids is 1. The van der Waals surface area contributed by atoms with Gasteiger partial charge in [-0.25, -0.2) is 0 Å². The fraction of sp³-hybridized carbons (Fsp3) is 0.588. The zero-order valence-corrected chi connectivity index (χ0v) is 13.7. The molecule has 0 heterocycles. The van der Waals surface area contributed by atoms with Crippen LogP contribution in [-0.2, 0) is 17.4 Å². The van der Waals surface area contributed by atoms with E-state index >= 15 is 0 Å². The molecular weight excluding hydrogens is 307 g/mol. The molecular formula is C17H24F3NO2. The van der Waals surface area contributed by atoms with Crippen LogP contribution in [0.4, 0.5) is 13.2 Å². The molecule has 130 valence electrons. The summed E-state index contributed by atoms with van der Waals surface area (Å²) < 4.78 is 39.0. The number of alkyl halides is 3. The van der Waals surface area contributed by atoms with Gasteiger partial charge in [0.2, 0.25) is 0 Å². The maximum absolute atomic E-state index is 13.0. The first kappa shape index (κ1) is 19.5. The Labute approximate surface area is 134 Å². The van der Waals surface area contributed by atoms with Crippen molar-refractivity contribution in [1.29, 1.82) is 0 Å². The maximum Gasteiger partial charge on any atom is 0.416 e. The monoisotopic (exact) mass is 331 g/mol. The van der Waals surface area contributed by atoms with E-state index in [9.17, 15) is 23.1 Å². The minimum Gasteiger partial charge on any atom is -0.481 e. The van der Waals surface area contributed by atoms with Crippen molar-refractivity contribution in [1.82, 2.24) is 5.32 Å². The van der Waals surface area contributed by atoms with Crippen molar-refractivity contribution in [2.45, 2.75) is 52.3 Å². The lowest BCUT2D eigenvalue weighted by molar-refractivity contribution is -0.149. The lowest BCUT2D eigenvalue weighted by atomic mass is 9.82. The zero-order chi connectivity index (χ0) is 17.7. The fourth-order valence-corrected chi connectivity index (χ4v) is 2.62. The quantitative estimate of drug-likeness (QED) is 0.753. The van der Waals surface area contributed by atoms with Crippen LogP contribution in [0.15, 0.2) is 24.3 Å². The molecule has 2 N–H and O–H groups in total. The van der Waals surface area contributed by atoms with E-state index in [1.807, 2.05) is 13.8 Å². The molecule has 1 unspecified atom stereocenters. The third-order valence-corrected chi connectivity index (χ3v) is 4.45. The Morgan fingerprint density at radius 3 is 2.26 bits per heavy atom. The second-order valence-electron chi connectivity index (χ2n) is 5.93. The van der Waals surface area contributed by atoms with Gasteiger partial charge in [-0.3, -0.25) is 4.79 Å². The minimum atomic E-state index is -4.38. The summed E-state index contributed by atoms with van der Waals surface area (Å²) in [7, 11) is 0. The second-order valence-corrected chi connectivity index (χ2v) is 5.93. The molecule has 1 rings (SSSR count). The topological polar surface area (TPSA) is 49.3 Å². The summed E-state index contributed by atoms with van der Waals surface area (Å²) in [6.45, 7) is 5.63. The molecule has 1 aromatic rings. The molecule has 0 saturated carbocycles. The van der Waals surface area contributed by atoms with E-state index < -0.39 is 23.1 Å². The average Bonchev–Trinajstić information content (AvgIpc) is 2.48. The number of halogens is 3. The van der Waals surface area contributed by atoms with Gasteiger partial charge < -0.3 is 10.4 Å². The number of hydrogen-bond donors (Lipinski definition) is 2. The summed E-state index contributed by atoms with van der Waals surface area (Å²) in [5, 5.41) is 12.5. The summed E-state index contributed by atoms with van der Waals surface area (Å²) in [6, 6.07) is 5.23. The lowest BCUT2D eigenvalue weighted by Crippen LogP contribution is -2.43. The van der Waals surface area contributed by atoms with Gasteiger partial charge >= 0.3 is 12.1 Å². The van der Waals surface area contributed by atoms with E-state index in [0.29, 0.717) is 12.8 Å². The molecule has 0 aliphatic carbocycles. The first-order valence-electron chi connectivity index (χ1n) is 7.78. The van der Waals surface area contributed by atoms with Gasteiger partial charge in [0, 0.05) is 12.6 Å². The van der Waals surface area contributed by atoms with Crippen LogP contribution in [0, 0.1) is 5.41 Å². The fourth-order valence-electron chi connectivity index (χ4n) is 2.62. The van der Waals surface area contributed by atoms with Crippen molar-refractivity contribution in [2.75, 3.05) is 6.54 Å². The predicted octanol–water partition coefficient (Wildman–Crippen LogP) is 4.12. The van der Waals surface area contributed by atoms with Crippen molar-refractivity contribution in [3.63, 3.8) is 0 Å². The van der Waals surface area contributed by atoms with Crippen molar-refractivity contribution in [2.24, 2.45) is 5.41 Å². The Morgan fingerprint density at radius 1 is 1.22 bits per heavy atom. The van der Waals surface area contributed by atoms with E-state index in [1.165, 1.54) is 12.1 Å². The predicted molar refractivity (Wildman–Crippen MR) is 83.3 cm³/mol.